The second kappa shape index (κ2) is 7.27. The van der Waals surface area contributed by atoms with E-state index in [9.17, 15) is 4.39 Å². The van der Waals surface area contributed by atoms with Gasteiger partial charge in [0.15, 0.2) is 11.5 Å². The summed E-state index contributed by atoms with van der Waals surface area (Å²) in [6.45, 7) is 0.632. The second-order valence-corrected chi connectivity index (χ2v) is 6.69. The van der Waals surface area contributed by atoms with Crippen molar-refractivity contribution < 1.29 is 4.39 Å². The van der Waals surface area contributed by atoms with E-state index in [2.05, 4.69) is 30.2 Å². The predicted molar refractivity (Wildman–Crippen MR) is 111 cm³/mol. The molecule has 7 heteroatoms. The summed E-state index contributed by atoms with van der Waals surface area (Å²) >= 11 is 0. The minimum absolute atomic E-state index is 0.269. The third-order valence-electron chi connectivity index (χ3n) is 4.88. The van der Waals surface area contributed by atoms with Crippen LogP contribution in [0, 0.1) is 5.82 Å². The molecule has 0 radical (unpaired) electrons. The zero-order valence-electron chi connectivity index (χ0n) is 15.4. The number of rotatable bonds is 5. The maximum absolute atomic E-state index is 14.0. The van der Waals surface area contributed by atoms with Crippen LogP contribution < -0.4 is 5.32 Å². The molecule has 29 heavy (non-hydrogen) atoms. The van der Waals surface area contributed by atoms with Crippen LogP contribution in [0.25, 0.3) is 33.2 Å². The average molecular weight is 384 g/mol. The number of hydrogen-bond acceptors (Lipinski definition) is 5. The van der Waals surface area contributed by atoms with E-state index >= 15 is 0 Å². The summed E-state index contributed by atoms with van der Waals surface area (Å²) in [6, 6.07) is 14.7. The third kappa shape index (κ3) is 3.27. The molecule has 0 saturated heterocycles. The van der Waals surface area contributed by atoms with Gasteiger partial charge in [-0.25, -0.2) is 19.3 Å². The molecular formula is C22H17FN6. The lowest BCUT2D eigenvalue weighted by Crippen LogP contribution is -2.08. The van der Waals surface area contributed by atoms with Gasteiger partial charge in [0.05, 0.1) is 11.8 Å². The van der Waals surface area contributed by atoms with E-state index in [1.165, 1.54) is 12.4 Å². The van der Waals surface area contributed by atoms with Crippen molar-refractivity contribution in [2.45, 2.75) is 6.42 Å². The molecule has 142 valence electrons. The number of aromatic nitrogens is 5. The van der Waals surface area contributed by atoms with Crippen molar-refractivity contribution >= 4 is 27.9 Å². The van der Waals surface area contributed by atoms with Gasteiger partial charge in [-0.1, -0.05) is 30.3 Å². The fourth-order valence-electron chi connectivity index (χ4n) is 3.56. The van der Waals surface area contributed by atoms with Gasteiger partial charge in [-0.15, -0.1) is 0 Å². The summed E-state index contributed by atoms with van der Waals surface area (Å²) in [4.78, 5) is 20.2. The maximum Gasteiger partial charge on any atom is 0.182 e. The zero-order chi connectivity index (χ0) is 19.6. The van der Waals surface area contributed by atoms with Crippen LogP contribution in [0.5, 0.6) is 0 Å². The SMILES string of the molecule is Fc1ccc2ncc(CCNc3ncnc4nc[nH]c34)c(-c3ccccc3)c2c1. The van der Waals surface area contributed by atoms with Crippen LogP contribution in [-0.2, 0) is 6.42 Å². The number of imidazole rings is 1. The first-order valence-electron chi connectivity index (χ1n) is 9.30. The first kappa shape index (κ1) is 17.2. The van der Waals surface area contributed by atoms with Crippen LogP contribution in [0.3, 0.4) is 0 Å². The normalized spacial score (nSPS) is 11.2. The molecule has 5 rings (SSSR count). The van der Waals surface area contributed by atoms with Crippen molar-refractivity contribution in [3.8, 4) is 11.1 Å². The largest absolute Gasteiger partial charge is 0.368 e. The maximum atomic E-state index is 14.0. The van der Waals surface area contributed by atoms with E-state index in [1.807, 2.05) is 36.5 Å². The number of fused-ring (bicyclic) bond motifs is 2. The predicted octanol–water partition coefficient (Wildman–Crippen LogP) is 4.36. The minimum Gasteiger partial charge on any atom is -0.368 e. The van der Waals surface area contributed by atoms with Gasteiger partial charge in [-0.3, -0.25) is 4.98 Å². The molecule has 6 nitrogen and oxygen atoms in total. The van der Waals surface area contributed by atoms with Crippen LogP contribution in [0.15, 0.2) is 67.4 Å². The van der Waals surface area contributed by atoms with E-state index in [0.717, 1.165) is 33.1 Å². The molecule has 0 amide bonds. The Morgan fingerprint density at radius 1 is 0.966 bits per heavy atom. The number of nitrogens with zero attached hydrogens (tertiary/aromatic N) is 4. The van der Waals surface area contributed by atoms with Crippen molar-refractivity contribution in [2.75, 3.05) is 11.9 Å². The molecule has 5 aromatic rings. The molecule has 3 heterocycles. The molecule has 0 aliphatic heterocycles. The first-order valence-corrected chi connectivity index (χ1v) is 9.30. The molecule has 0 fully saturated rings. The van der Waals surface area contributed by atoms with Gasteiger partial charge in [-0.2, -0.15) is 0 Å². The van der Waals surface area contributed by atoms with Gasteiger partial charge in [-0.05, 0) is 41.3 Å². The van der Waals surface area contributed by atoms with Crippen molar-refractivity contribution in [3.05, 3.63) is 78.8 Å². The quantitative estimate of drug-likeness (QED) is 0.471. The van der Waals surface area contributed by atoms with Gasteiger partial charge < -0.3 is 10.3 Å². The lowest BCUT2D eigenvalue weighted by Gasteiger charge is -2.14. The Morgan fingerprint density at radius 2 is 1.86 bits per heavy atom. The molecule has 2 N–H and O–H groups in total. The standard InChI is InChI=1S/C22H17FN6/c23-16-6-7-18-17(10-16)19(14-4-2-1-3-5-14)15(11-25-18)8-9-24-21-20-22(27-12-26-20)29-13-28-21/h1-7,10-13H,8-9H2,(H2,24,26,27,28,29). The first-order chi connectivity index (χ1) is 14.3. The molecule has 0 unspecified atom stereocenters. The number of nitrogens with one attached hydrogen (secondary N) is 2. The molecule has 0 aliphatic carbocycles. The Bertz CT molecular complexity index is 1300. The van der Waals surface area contributed by atoms with E-state index in [-0.39, 0.29) is 5.82 Å². The molecule has 0 bridgehead atoms. The highest BCUT2D eigenvalue weighted by Gasteiger charge is 2.12. The van der Waals surface area contributed by atoms with Crippen molar-refractivity contribution in [1.29, 1.82) is 0 Å². The molecule has 0 saturated carbocycles. The summed E-state index contributed by atoms with van der Waals surface area (Å²) in [5.41, 5.74) is 5.25. The molecule has 0 spiro atoms. The number of anilines is 1. The summed E-state index contributed by atoms with van der Waals surface area (Å²) in [7, 11) is 0. The molecule has 0 aliphatic rings. The highest BCUT2D eigenvalue weighted by molar-refractivity contribution is 5.96. The van der Waals surface area contributed by atoms with Crippen molar-refractivity contribution in [2.24, 2.45) is 0 Å². The van der Waals surface area contributed by atoms with E-state index in [4.69, 9.17) is 0 Å². The van der Waals surface area contributed by atoms with E-state index in [1.54, 1.807) is 18.5 Å². The van der Waals surface area contributed by atoms with Crippen LogP contribution in [0.1, 0.15) is 5.56 Å². The lowest BCUT2D eigenvalue weighted by atomic mass is 9.95. The number of hydrogen-bond donors (Lipinski definition) is 2. The monoisotopic (exact) mass is 384 g/mol. The number of benzene rings is 2. The van der Waals surface area contributed by atoms with Crippen molar-refractivity contribution in [3.63, 3.8) is 0 Å². The van der Waals surface area contributed by atoms with Gasteiger partial charge in [0.2, 0.25) is 0 Å². The Kier molecular flexibility index (Phi) is 4.32. The summed E-state index contributed by atoms with van der Waals surface area (Å²) in [6.07, 6.45) is 5.65. The third-order valence-corrected chi connectivity index (χ3v) is 4.88. The molecule has 0 atom stereocenters. The Hall–Kier alpha value is -3.87. The Labute approximate surface area is 165 Å². The van der Waals surface area contributed by atoms with Gasteiger partial charge in [0.1, 0.15) is 17.7 Å². The smallest absolute Gasteiger partial charge is 0.182 e. The lowest BCUT2D eigenvalue weighted by molar-refractivity contribution is 0.629. The zero-order valence-corrected chi connectivity index (χ0v) is 15.4. The molecule has 2 aromatic carbocycles. The summed E-state index contributed by atoms with van der Waals surface area (Å²) < 4.78 is 14.0. The Morgan fingerprint density at radius 3 is 2.76 bits per heavy atom. The van der Waals surface area contributed by atoms with Gasteiger partial charge in [0.25, 0.3) is 0 Å². The van der Waals surface area contributed by atoms with Gasteiger partial charge in [0, 0.05) is 18.1 Å². The molecular weight excluding hydrogens is 367 g/mol. The summed E-state index contributed by atoms with van der Waals surface area (Å²) in [5, 5.41) is 4.15. The van der Waals surface area contributed by atoms with Crippen LogP contribution in [0.4, 0.5) is 10.2 Å². The number of aromatic amines is 1. The van der Waals surface area contributed by atoms with Crippen molar-refractivity contribution in [1.82, 2.24) is 24.9 Å². The Balaban J connectivity index is 1.50. The average Bonchev–Trinajstić information content (AvgIpc) is 3.24. The number of H-pyrrole nitrogens is 1. The number of pyridine rings is 1. The van der Waals surface area contributed by atoms with E-state index in [0.29, 0.717) is 24.4 Å². The van der Waals surface area contributed by atoms with Gasteiger partial charge >= 0.3 is 0 Å². The van der Waals surface area contributed by atoms with E-state index < -0.39 is 0 Å². The topological polar surface area (TPSA) is 79.4 Å². The minimum atomic E-state index is -0.269. The van der Waals surface area contributed by atoms with Crippen LogP contribution in [0.2, 0.25) is 0 Å². The number of halogens is 1. The summed E-state index contributed by atoms with van der Waals surface area (Å²) in [5.74, 6) is 0.433. The highest BCUT2D eigenvalue weighted by atomic mass is 19.1. The highest BCUT2D eigenvalue weighted by Crippen LogP contribution is 2.32. The van der Waals surface area contributed by atoms with Crippen LogP contribution >= 0.6 is 0 Å². The fourth-order valence-corrected chi connectivity index (χ4v) is 3.56. The molecule has 3 aromatic heterocycles. The second-order valence-electron chi connectivity index (χ2n) is 6.69. The fraction of sp³-hybridized carbons (Fsp3) is 0.0909. The van der Waals surface area contributed by atoms with Crippen LogP contribution in [-0.4, -0.2) is 31.5 Å².